The molecule has 13 rings (SSSR count). The van der Waals surface area contributed by atoms with Crippen LogP contribution < -0.4 is 20.8 Å². The normalized spacial score (nSPS) is 35.3. The number of phenols is 2. The summed E-state index contributed by atoms with van der Waals surface area (Å²) < 4.78 is 62.6. The summed E-state index contributed by atoms with van der Waals surface area (Å²) >= 11 is 0. The van der Waals surface area contributed by atoms with Crippen molar-refractivity contribution < 1.29 is 61.4 Å². The average molecular weight is 974 g/mol. The van der Waals surface area contributed by atoms with Crippen LogP contribution in [0.4, 0.5) is 10.5 Å². The second-order valence-corrected chi connectivity index (χ2v) is 22.5. The third-order valence-corrected chi connectivity index (χ3v) is 17.1. The fraction of sp³-hybridized carbons (Fsp3) is 0.580. The number of ketones is 1. The van der Waals surface area contributed by atoms with Crippen LogP contribution in [0.3, 0.4) is 0 Å². The van der Waals surface area contributed by atoms with Gasteiger partial charge in [-0.1, -0.05) is 66.3 Å². The number of benzene rings is 2. The monoisotopic (exact) mass is 973 g/mol. The molecule has 372 valence electrons. The first-order valence-corrected chi connectivity index (χ1v) is 25.6. The minimum Gasteiger partial charge on any atom is -0.507 e. The number of allylic oxidation sites excluding steroid dienone is 2. The van der Waals surface area contributed by atoms with Crippen LogP contribution in [0.1, 0.15) is 77.2 Å². The minimum absolute atomic E-state index is 0.00564. The molecule has 18 nitrogen and oxygen atoms in total. The van der Waals surface area contributed by atoms with Crippen molar-refractivity contribution in [3.05, 3.63) is 70.6 Å². The highest BCUT2D eigenvalue weighted by molar-refractivity contribution is 7.91. The van der Waals surface area contributed by atoms with Crippen LogP contribution in [0.2, 0.25) is 0 Å². The zero-order valence-corrected chi connectivity index (χ0v) is 41.5. The Morgan fingerprint density at radius 2 is 1.68 bits per heavy atom. The first-order chi connectivity index (χ1) is 32.6. The molecular formula is C50H63N5O13S. The van der Waals surface area contributed by atoms with Gasteiger partial charge in [0.05, 0.1) is 46.4 Å². The van der Waals surface area contributed by atoms with E-state index in [1.807, 2.05) is 33.8 Å². The molecule has 5 saturated heterocycles. The van der Waals surface area contributed by atoms with E-state index in [1.165, 1.54) is 31.3 Å². The number of anilines is 1. The zero-order chi connectivity index (χ0) is 49.7. The molecule has 11 heterocycles. The van der Waals surface area contributed by atoms with E-state index in [1.54, 1.807) is 25.2 Å². The lowest BCUT2D eigenvalue weighted by atomic mass is 9.63. The van der Waals surface area contributed by atoms with Crippen LogP contribution in [0.15, 0.2) is 58.8 Å². The lowest BCUT2D eigenvalue weighted by molar-refractivity contribution is -0.670. The fourth-order valence-corrected chi connectivity index (χ4v) is 12.4. The summed E-state index contributed by atoms with van der Waals surface area (Å²) in [5.41, 5.74) is -0.237. The van der Waals surface area contributed by atoms with Gasteiger partial charge in [-0.3, -0.25) is 14.6 Å². The summed E-state index contributed by atoms with van der Waals surface area (Å²) in [7, 11) is -1.81. The molecule has 2 aromatic carbocycles. The number of amides is 2. The summed E-state index contributed by atoms with van der Waals surface area (Å²) in [6.45, 7) is 21.3. The standard InChI is InChI=1S/C50H63N5O13S/c1-11-48-44(58)36-34-35(40(56)30(7)43(36)66-48)41(57)39(38-37(34)52-47(53-38)16-18-54(19-17-47)25-26(2)3)51-45(59)27(4)13-12-14-28(5)49-32(9)50(67-49,68-49)31(8)42(29(6)33(63-10)15-22-64-48)65-46(60)55-20-23-69(61,62)24-21-55/h11-15,22,26,28-29,31-33,42,52,56-57H,1,16-21,23-25H2,2-10H3/b14-12+,22-15+,27-13-,51-39?/t28-,29+,31-,32+,33-,42+,48-,49?,50?/m0/s1. The number of piperidine rings is 1. The number of methoxy groups -OCH3 is 1. The Kier molecular flexibility index (Phi) is 12.1. The second-order valence-electron chi connectivity index (χ2n) is 20.2. The quantitative estimate of drug-likeness (QED) is 0.266. The van der Waals surface area contributed by atoms with E-state index in [2.05, 4.69) is 35.6 Å². The fourth-order valence-electron chi connectivity index (χ4n) is 11.2. The molecule has 7 bridgehead atoms. The SMILES string of the molecule is C=C[C@@]12O/C=C/[C@H](OC)[C@@H](C)[C@@H](OC(=O)N3CCS(=O)(=O)CC3)[C@H](C)C34OC(O3)([C@H]4C)[C@@H](C)/C=C/C=C(/C)C(=O)N=c3c(O)c4c(O)c(C)c(c(c4c4c3=NC3(CCN(CC(C)C)CC3)N4)C1=O)O2. The maximum Gasteiger partial charge on any atom is 0.410 e. The predicted octanol–water partition coefficient (Wildman–Crippen LogP) is 4.95. The van der Waals surface area contributed by atoms with Crippen molar-refractivity contribution in [2.45, 2.75) is 103 Å². The van der Waals surface area contributed by atoms with Crippen molar-refractivity contribution in [1.82, 2.24) is 9.80 Å². The highest BCUT2D eigenvalue weighted by atomic mass is 32.2. The van der Waals surface area contributed by atoms with Gasteiger partial charge in [0, 0.05) is 93.0 Å². The number of hydrogen-bond donors (Lipinski definition) is 3. The number of likely N-dealkylation sites (tertiary alicyclic amines) is 1. The Morgan fingerprint density at radius 3 is 2.30 bits per heavy atom. The smallest absolute Gasteiger partial charge is 0.410 e. The molecule has 7 atom stereocenters. The van der Waals surface area contributed by atoms with Crippen molar-refractivity contribution >= 4 is 44.1 Å². The van der Waals surface area contributed by atoms with E-state index in [-0.39, 0.29) is 80.4 Å². The maximum absolute atomic E-state index is 15.1. The number of carbonyl (C=O) groups excluding carboxylic acids is 3. The third kappa shape index (κ3) is 7.65. The number of Topliss-reactive ketones (excluding diaryl/α,β-unsaturated/α-hetero) is 1. The van der Waals surface area contributed by atoms with Gasteiger partial charge in [0.2, 0.25) is 0 Å². The van der Waals surface area contributed by atoms with E-state index >= 15 is 4.79 Å². The Morgan fingerprint density at radius 1 is 1.00 bits per heavy atom. The lowest BCUT2D eigenvalue weighted by Crippen LogP contribution is -2.88. The van der Waals surface area contributed by atoms with Crippen LogP contribution in [0, 0.1) is 36.5 Å². The first kappa shape index (κ1) is 48.7. The number of phenolic OH excluding ortho intramolecular Hbond substituents is 2. The number of nitrogens with zero attached hydrogens (tertiary/aromatic N) is 4. The zero-order valence-electron chi connectivity index (χ0n) is 40.7. The number of rotatable bonds is 5. The number of sulfone groups is 1. The van der Waals surface area contributed by atoms with Crippen molar-refractivity contribution in [2.24, 2.45) is 39.6 Å². The molecule has 11 aliphatic heterocycles. The van der Waals surface area contributed by atoms with Crippen LogP contribution in [-0.2, 0) is 38.3 Å². The molecule has 2 aromatic rings. The van der Waals surface area contributed by atoms with E-state index in [4.69, 9.17) is 33.4 Å². The molecule has 5 fully saturated rings. The van der Waals surface area contributed by atoms with Crippen LogP contribution in [-0.4, -0.2) is 133 Å². The van der Waals surface area contributed by atoms with Crippen molar-refractivity contribution in [3.63, 3.8) is 0 Å². The average Bonchev–Trinajstić information content (AvgIpc) is 3.81. The maximum atomic E-state index is 15.1. The van der Waals surface area contributed by atoms with E-state index < -0.39 is 86.2 Å². The van der Waals surface area contributed by atoms with Gasteiger partial charge in [-0.05, 0) is 25.8 Å². The lowest BCUT2D eigenvalue weighted by Gasteiger charge is -2.76. The molecule has 19 heteroatoms. The summed E-state index contributed by atoms with van der Waals surface area (Å²) in [6.07, 6.45) is 7.88. The van der Waals surface area contributed by atoms with Crippen LogP contribution in [0.5, 0.6) is 17.2 Å². The van der Waals surface area contributed by atoms with Gasteiger partial charge in [-0.2, -0.15) is 0 Å². The van der Waals surface area contributed by atoms with Gasteiger partial charge in [0.15, 0.2) is 27.2 Å². The van der Waals surface area contributed by atoms with Gasteiger partial charge in [-0.15, -0.1) is 0 Å². The molecule has 11 aliphatic rings. The molecule has 69 heavy (non-hydrogen) atoms. The molecule has 1 spiro atoms. The largest absolute Gasteiger partial charge is 0.507 e. The number of carbonyl (C=O) groups is 3. The molecule has 0 aromatic heterocycles. The third-order valence-electron chi connectivity index (χ3n) is 15.5. The van der Waals surface area contributed by atoms with Gasteiger partial charge in [0.1, 0.15) is 34.0 Å². The number of ether oxygens (including phenoxy) is 6. The second kappa shape index (κ2) is 17.2. The summed E-state index contributed by atoms with van der Waals surface area (Å²) in [6, 6.07) is 0. The molecule has 0 aliphatic carbocycles. The van der Waals surface area contributed by atoms with Crippen molar-refractivity contribution in [3.8, 4) is 17.2 Å². The molecule has 3 N–H and O–H groups in total. The number of nitrogens with one attached hydrogen (secondary N) is 1. The summed E-state index contributed by atoms with van der Waals surface area (Å²) in [4.78, 5) is 56.3. The van der Waals surface area contributed by atoms with E-state index in [9.17, 15) is 28.2 Å². The summed E-state index contributed by atoms with van der Waals surface area (Å²) in [5.74, 6) is -8.26. The highest BCUT2D eigenvalue weighted by Crippen LogP contribution is 2.69. The van der Waals surface area contributed by atoms with Crippen molar-refractivity contribution in [2.75, 3.05) is 56.7 Å². The summed E-state index contributed by atoms with van der Waals surface area (Å²) in [5, 5.41) is 27.8. The van der Waals surface area contributed by atoms with Gasteiger partial charge < -0.3 is 53.8 Å². The molecule has 2 amide bonds. The minimum atomic E-state index is -3.29. The van der Waals surface area contributed by atoms with Crippen LogP contribution in [0.25, 0.3) is 10.8 Å². The Bertz CT molecular complexity index is 2850. The molecular weight excluding hydrogens is 911 g/mol. The highest BCUT2D eigenvalue weighted by Gasteiger charge is 2.82. The van der Waals surface area contributed by atoms with Crippen molar-refractivity contribution in [1.29, 1.82) is 0 Å². The van der Waals surface area contributed by atoms with E-state index in [0.717, 1.165) is 6.54 Å². The number of hydrogen-bond acceptors (Lipinski definition) is 16. The Balaban J connectivity index is 1.16. The first-order valence-electron chi connectivity index (χ1n) is 23.8. The van der Waals surface area contributed by atoms with Crippen LogP contribution >= 0.6 is 0 Å². The Labute approximate surface area is 401 Å². The predicted molar refractivity (Wildman–Crippen MR) is 253 cm³/mol. The molecule has 0 saturated carbocycles. The van der Waals surface area contributed by atoms with Gasteiger partial charge in [-0.25, -0.2) is 18.2 Å². The molecule has 0 unspecified atom stereocenters. The molecule has 0 radical (unpaired) electrons. The van der Waals surface area contributed by atoms with Gasteiger partial charge >= 0.3 is 11.9 Å². The number of aromatic hydroxyl groups is 2. The van der Waals surface area contributed by atoms with Gasteiger partial charge in [0.25, 0.3) is 11.7 Å². The van der Waals surface area contributed by atoms with E-state index in [0.29, 0.717) is 37.5 Å². The Hall–Kier alpha value is -5.34. The topological polar surface area (TPSA) is 224 Å².